The van der Waals surface area contributed by atoms with Gasteiger partial charge in [-0.05, 0) is 48.7 Å². The van der Waals surface area contributed by atoms with Crippen LogP contribution in [0, 0.1) is 0 Å². The Morgan fingerprint density at radius 1 is 0.714 bits per heavy atom. The van der Waals surface area contributed by atoms with E-state index in [1.54, 1.807) is 36.4 Å². The van der Waals surface area contributed by atoms with E-state index in [1.807, 2.05) is 12.1 Å². The number of nitrogen functional groups attached to an aromatic ring is 1. The molecule has 4 heteroatoms. The molecule has 0 heterocycles. The first kappa shape index (κ1) is 22.5. The molecular formula is C24H35NO2S. The molecule has 0 aliphatic rings. The number of benzene rings is 2. The maximum absolute atomic E-state index is 13.0. The Hall–Kier alpha value is -1.81. The van der Waals surface area contributed by atoms with Crippen LogP contribution in [0.25, 0.3) is 0 Å². The number of nitrogens with two attached hydrogens (primary N) is 1. The molecule has 0 amide bonds. The van der Waals surface area contributed by atoms with Crippen molar-refractivity contribution in [3.8, 4) is 0 Å². The highest BCUT2D eigenvalue weighted by molar-refractivity contribution is 7.91. The topological polar surface area (TPSA) is 60.2 Å². The molecule has 154 valence electrons. The van der Waals surface area contributed by atoms with Gasteiger partial charge in [-0.15, -0.1) is 0 Å². The minimum absolute atomic E-state index is 0.303. The molecule has 28 heavy (non-hydrogen) atoms. The lowest BCUT2D eigenvalue weighted by atomic mass is 10.0. The zero-order valence-electron chi connectivity index (χ0n) is 17.2. The van der Waals surface area contributed by atoms with E-state index >= 15 is 0 Å². The van der Waals surface area contributed by atoms with Crippen LogP contribution >= 0.6 is 0 Å². The SMILES string of the molecule is CCCCCCCCCCCCc1ccccc1S(=O)(=O)c1ccc(N)cc1. The van der Waals surface area contributed by atoms with Crippen molar-refractivity contribution in [3.63, 3.8) is 0 Å². The molecule has 0 unspecified atom stereocenters. The number of aryl methyl sites for hydroxylation is 1. The van der Waals surface area contributed by atoms with E-state index in [9.17, 15) is 8.42 Å². The second-order valence-electron chi connectivity index (χ2n) is 7.61. The second kappa shape index (κ2) is 11.9. The summed E-state index contributed by atoms with van der Waals surface area (Å²) in [6.45, 7) is 2.25. The van der Waals surface area contributed by atoms with Crippen molar-refractivity contribution in [1.82, 2.24) is 0 Å². The summed E-state index contributed by atoms with van der Waals surface area (Å²) >= 11 is 0. The van der Waals surface area contributed by atoms with E-state index < -0.39 is 9.84 Å². The van der Waals surface area contributed by atoms with Crippen molar-refractivity contribution in [2.24, 2.45) is 0 Å². The maximum Gasteiger partial charge on any atom is 0.206 e. The monoisotopic (exact) mass is 401 g/mol. The number of hydrogen-bond donors (Lipinski definition) is 1. The van der Waals surface area contributed by atoms with Gasteiger partial charge in [-0.1, -0.05) is 82.9 Å². The molecule has 0 fully saturated rings. The van der Waals surface area contributed by atoms with Crippen LogP contribution in [0.5, 0.6) is 0 Å². The van der Waals surface area contributed by atoms with Gasteiger partial charge in [-0.2, -0.15) is 0 Å². The van der Waals surface area contributed by atoms with Crippen molar-refractivity contribution < 1.29 is 8.42 Å². The maximum atomic E-state index is 13.0. The van der Waals surface area contributed by atoms with Gasteiger partial charge in [-0.3, -0.25) is 0 Å². The predicted octanol–water partition coefficient (Wildman–Crippen LogP) is 6.57. The molecule has 0 aliphatic heterocycles. The second-order valence-corrected chi connectivity index (χ2v) is 9.53. The molecule has 0 aliphatic carbocycles. The number of hydrogen-bond acceptors (Lipinski definition) is 3. The van der Waals surface area contributed by atoms with Gasteiger partial charge in [-0.25, -0.2) is 8.42 Å². The lowest BCUT2D eigenvalue weighted by Gasteiger charge is -2.11. The summed E-state index contributed by atoms with van der Waals surface area (Å²) in [5.41, 5.74) is 7.17. The molecule has 0 bridgehead atoms. The highest BCUT2D eigenvalue weighted by Gasteiger charge is 2.20. The zero-order chi connectivity index (χ0) is 20.2. The minimum atomic E-state index is -3.50. The van der Waals surface area contributed by atoms with Gasteiger partial charge in [0.25, 0.3) is 0 Å². The normalized spacial score (nSPS) is 11.6. The number of unbranched alkanes of at least 4 members (excludes halogenated alkanes) is 9. The Morgan fingerprint density at radius 2 is 1.25 bits per heavy atom. The summed E-state index contributed by atoms with van der Waals surface area (Å²) in [7, 11) is -3.50. The molecule has 2 aromatic carbocycles. The average molecular weight is 402 g/mol. The molecule has 0 atom stereocenters. The van der Waals surface area contributed by atoms with Crippen molar-refractivity contribution in [3.05, 3.63) is 54.1 Å². The fourth-order valence-corrected chi connectivity index (χ4v) is 5.07. The zero-order valence-corrected chi connectivity index (χ0v) is 18.0. The molecule has 0 aromatic heterocycles. The summed E-state index contributed by atoms with van der Waals surface area (Å²) in [6.07, 6.45) is 13.6. The van der Waals surface area contributed by atoms with E-state index in [0.29, 0.717) is 15.5 Å². The van der Waals surface area contributed by atoms with Gasteiger partial charge in [0.2, 0.25) is 9.84 Å². The van der Waals surface area contributed by atoms with Crippen LogP contribution in [0.1, 0.15) is 76.7 Å². The molecule has 0 saturated heterocycles. The number of sulfone groups is 1. The largest absolute Gasteiger partial charge is 0.399 e. The first-order chi connectivity index (χ1) is 13.6. The average Bonchev–Trinajstić information content (AvgIpc) is 2.70. The molecule has 2 N–H and O–H groups in total. The van der Waals surface area contributed by atoms with E-state index in [-0.39, 0.29) is 0 Å². The van der Waals surface area contributed by atoms with Gasteiger partial charge in [0.15, 0.2) is 0 Å². The smallest absolute Gasteiger partial charge is 0.206 e. The lowest BCUT2D eigenvalue weighted by molar-refractivity contribution is 0.555. The Bertz CT molecular complexity index is 798. The molecule has 0 radical (unpaired) electrons. The van der Waals surface area contributed by atoms with Gasteiger partial charge in [0.1, 0.15) is 0 Å². The predicted molar refractivity (Wildman–Crippen MR) is 118 cm³/mol. The van der Waals surface area contributed by atoms with E-state index in [0.717, 1.165) is 24.8 Å². The third-order valence-corrected chi connectivity index (χ3v) is 7.12. The van der Waals surface area contributed by atoms with Crippen LogP contribution in [0.4, 0.5) is 5.69 Å². The fraction of sp³-hybridized carbons (Fsp3) is 0.500. The summed E-state index contributed by atoms with van der Waals surface area (Å²) in [4.78, 5) is 0.730. The minimum Gasteiger partial charge on any atom is -0.399 e. The third-order valence-electron chi connectivity index (χ3n) is 5.25. The van der Waals surface area contributed by atoms with Crippen LogP contribution < -0.4 is 5.73 Å². The summed E-state index contributed by atoms with van der Waals surface area (Å²) in [6, 6.07) is 13.8. The van der Waals surface area contributed by atoms with Crippen molar-refractivity contribution in [2.45, 2.75) is 87.3 Å². The Morgan fingerprint density at radius 3 is 1.86 bits per heavy atom. The standard InChI is InChI=1S/C24H35NO2S/c1-2-3-4-5-6-7-8-9-10-11-14-21-15-12-13-16-24(21)28(26,27)23-19-17-22(25)18-20-23/h12-13,15-20H,2-11,14,25H2,1H3. The lowest BCUT2D eigenvalue weighted by Crippen LogP contribution is -2.06. The van der Waals surface area contributed by atoms with Gasteiger partial charge >= 0.3 is 0 Å². The van der Waals surface area contributed by atoms with Crippen LogP contribution in [-0.2, 0) is 16.3 Å². The van der Waals surface area contributed by atoms with Crippen molar-refractivity contribution >= 4 is 15.5 Å². The summed E-state index contributed by atoms with van der Waals surface area (Å²) in [5, 5.41) is 0. The highest BCUT2D eigenvalue weighted by Crippen LogP contribution is 2.26. The Balaban J connectivity index is 1.83. The number of rotatable bonds is 13. The van der Waals surface area contributed by atoms with E-state index in [1.165, 1.54) is 51.4 Å². The number of anilines is 1. The Labute approximate surface area is 171 Å². The third kappa shape index (κ3) is 6.97. The molecular weight excluding hydrogens is 366 g/mol. The fourth-order valence-electron chi connectivity index (χ4n) is 3.55. The van der Waals surface area contributed by atoms with Gasteiger partial charge < -0.3 is 5.73 Å². The van der Waals surface area contributed by atoms with Crippen LogP contribution in [0.2, 0.25) is 0 Å². The van der Waals surface area contributed by atoms with E-state index in [2.05, 4.69) is 6.92 Å². The first-order valence-electron chi connectivity index (χ1n) is 10.7. The molecule has 2 aromatic rings. The molecule has 3 nitrogen and oxygen atoms in total. The van der Waals surface area contributed by atoms with Crippen molar-refractivity contribution in [2.75, 3.05) is 5.73 Å². The highest BCUT2D eigenvalue weighted by atomic mass is 32.2. The van der Waals surface area contributed by atoms with Gasteiger partial charge in [0.05, 0.1) is 9.79 Å². The van der Waals surface area contributed by atoms with E-state index in [4.69, 9.17) is 5.73 Å². The van der Waals surface area contributed by atoms with Crippen LogP contribution in [0.15, 0.2) is 58.3 Å². The molecule has 0 spiro atoms. The van der Waals surface area contributed by atoms with Crippen LogP contribution in [0.3, 0.4) is 0 Å². The summed E-state index contributed by atoms with van der Waals surface area (Å²) in [5.74, 6) is 0. The first-order valence-corrected chi connectivity index (χ1v) is 12.2. The Kier molecular flexibility index (Phi) is 9.56. The molecule has 2 rings (SSSR count). The summed E-state index contributed by atoms with van der Waals surface area (Å²) < 4.78 is 26.0. The molecule has 0 saturated carbocycles. The quantitative estimate of drug-likeness (QED) is 0.305. The van der Waals surface area contributed by atoms with Gasteiger partial charge in [0, 0.05) is 5.69 Å². The van der Waals surface area contributed by atoms with Crippen LogP contribution in [-0.4, -0.2) is 8.42 Å². The van der Waals surface area contributed by atoms with Crippen molar-refractivity contribution in [1.29, 1.82) is 0 Å².